The number of benzene rings is 2. The molecule has 0 aliphatic heterocycles. The van der Waals surface area contributed by atoms with E-state index in [-0.39, 0.29) is 26.2 Å². The van der Waals surface area contributed by atoms with E-state index in [1.165, 1.54) is 54.9 Å². The molecule has 35 heavy (non-hydrogen) atoms. The summed E-state index contributed by atoms with van der Waals surface area (Å²) in [5.74, 6) is 0. The summed E-state index contributed by atoms with van der Waals surface area (Å²) in [5, 5.41) is 5.47. The van der Waals surface area contributed by atoms with Crippen LogP contribution in [0.25, 0.3) is 21.5 Å². The Labute approximate surface area is 234 Å². The molecule has 0 aliphatic rings. The Morgan fingerprint density at radius 2 is 0.943 bits per heavy atom. The maximum absolute atomic E-state index is 6.06. The van der Waals surface area contributed by atoms with Crippen LogP contribution < -0.4 is 0 Å². The van der Waals surface area contributed by atoms with Crippen LogP contribution >= 0.6 is 0 Å². The molecule has 0 aromatic heterocycles. The molecule has 4 rings (SSSR count). The van der Waals surface area contributed by atoms with E-state index >= 15 is 0 Å². The quantitative estimate of drug-likeness (QED) is 0.167. The van der Waals surface area contributed by atoms with Crippen LogP contribution in [-0.4, -0.2) is 16.6 Å². The molecule has 0 amide bonds. The van der Waals surface area contributed by atoms with Crippen molar-refractivity contribution in [3.63, 3.8) is 0 Å². The monoisotopic (exact) mass is 580 g/mol. The largest absolute Gasteiger partial charge is 2.00 e. The van der Waals surface area contributed by atoms with Crippen LogP contribution in [0.5, 0.6) is 0 Å². The standard InChI is InChI=1S/2C15H21OSi.Zr/c2*1-11-7-6-8-13-9-12(2)14(15(11)13)10-16-17(3,4)5;/h2*6-9H,10H2,1-5H3;/q2*-1;+2. The average molecular weight is 582 g/mol. The van der Waals surface area contributed by atoms with Crippen LogP contribution in [0.2, 0.25) is 39.3 Å². The molecule has 0 radical (unpaired) electrons. The van der Waals surface area contributed by atoms with Gasteiger partial charge in [-0.05, 0) is 39.3 Å². The van der Waals surface area contributed by atoms with Crippen LogP contribution in [0, 0.1) is 27.7 Å². The molecule has 4 aromatic rings. The van der Waals surface area contributed by atoms with Crippen molar-refractivity contribution in [2.75, 3.05) is 0 Å². The summed E-state index contributed by atoms with van der Waals surface area (Å²) in [4.78, 5) is 0. The van der Waals surface area contributed by atoms with Gasteiger partial charge in [0.15, 0.2) is 16.6 Å². The molecule has 0 heterocycles. The number of hydrogen-bond acceptors (Lipinski definition) is 2. The van der Waals surface area contributed by atoms with Crippen molar-refractivity contribution in [2.24, 2.45) is 0 Å². The molecule has 4 aromatic carbocycles. The third kappa shape index (κ3) is 7.94. The topological polar surface area (TPSA) is 18.5 Å². The molecule has 186 valence electrons. The first-order valence-corrected chi connectivity index (χ1v) is 19.2. The Morgan fingerprint density at radius 3 is 1.26 bits per heavy atom. The SMILES string of the molecule is Cc1cccc2cc(C)[c-](CO[Si](C)(C)C)c12.Cc1cccc2cc(C)[c-](CO[Si](C)(C)C)c12.[Zr+2]. The maximum atomic E-state index is 6.06. The summed E-state index contributed by atoms with van der Waals surface area (Å²) < 4.78 is 12.1. The first kappa shape index (κ1) is 30.1. The van der Waals surface area contributed by atoms with E-state index in [0.29, 0.717) is 0 Å². The van der Waals surface area contributed by atoms with Gasteiger partial charge in [0.2, 0.25) is 0 Å². The molecule has 5 heteroatoms. The zero-order valence-electron chi connectivity index (χ0n) is 23.3. The van der Waals surface area contributed by atoms with Crippen LogP contribution in [-0.2, 0) is 48.3 Å². The minimum absolute atomic E-state index is 0. The fourth-order valence-corrected chi connectivity index (χ4v) is 5.59. The van der Waals surface area contributed by atoms with Crippen molar-refractivity contribution in [2.45, 2.75) is 80.2 Å². The van der Waals surface area contributed by atoms with Gasteiger partial charge in [-0.15, -0.1) is 79.2 Å². The van der Waals surface area contributed by atoms with Crippen molar-refractivity contribution in [1.29, 1.82) is 0 Å². The van der Waals surface area contributed by atoms with Gasteiger partial charge in [0.25, 0.3) is 0 Å². The summed E-state index contributed by atoms with van der Waals surface area (Å²) in [6.07, 6.45) is 0. The van der Waals surface area contributed by atoms with Gasteiger partial charge in [-0.1, -0.05) is 39.8 Å². The predicted octanol–water partition coefficient (Wildman–Crippen LogP) is 9.05. The normalized spacial score (nSPS) is 11.9. The predicted molar refractivity (Wildman–Crippen MR) is 154 cm³/mol. The summed E-state index contributed by atoms with van der Waals surface area (Å²) in [6.45, 7) is 23.7. The minimum Gasteiger partial charge on any atom is -0.422 e. The summed E-state index contributed by atoms with van der Waals surface area (Å²) >= 11 is 0. The van der Waals surface area contributed by atoms with Gasteiger partial charge in [-0.2, -0.15) is 12.1 Å². The van der Waals surface area contributed by atoms with Gasteiger partial charge in [-0.3, -0.25) is 0 Å². The number of aryl methyl sites for hydroxylation is 4. The van der Waals surface area contributed by atoms with E-state index in [9.17, 15) is 0 Å². The third-order valence-corrected chi connectivity index (χ3v) is 8.23. The second kappa shape index (κ2) is 12.0. The van der Waals surface area contributed by atoms with Crippen molar-refractivity contribution in [3.05, 3.63) is 81.9 Å². The van der Waals surface area contributed by atoms with E-state index in [0.717, 1.165) is 13.2 Å². The van der Waals surface area contributed by atoms with Gasteiger partial charge < -0.3 is 8.85 Å². The molecule has 0 N–H and O–H groups in total. The Hall–Kier alpha value is -1.10. The van der Waals surface area contributed by atoms with Crippen LogP contribution in [0.1, 0.15) is 33.4 Å². The van der Waals surface area contributed by atoms with Crippen molar-refractivity contribution in [1.82, 2.24) is 0 Å². The van der Waals surface area contributed by atoms with E-state index in [1.807, 2.05) is 0 Å². The molecule has 0 aliphatic carbocycles. The molecule has 0 saturated heterocycles. The minimum atomic E-state index is -1.44. The third-order valence-electron chi connectivity index (χ3n) is 6.21. The molecule has 0 atom stereocenters. The Bertz CT molecular complexity index is 1170. The van der Waals surface area contributed by atoms with E-state index in [2.05, 4.69) is 116 Å². The van der Waals surface area contributed by atoms with Gasteiger partial charge in [-0.25, -0.2) is 0 Å². The van der Waals surface area contributed by atoms with E-state index < -0.39 is 16.6 Å². The smallest absolute Gasteiger partial charge is 0.422 e. The van der Waals surface area contributed by atoms with Gasteiger partial charge in [0, 0.05) is 13.2 Å². The molecule has 2 nitrogen and oxygen atoms in total. The van der Waals surface area contributed by atoms with Crippen LogP contribution in [0.15, 0.2) is 48.5 Å². The Morgan fingerprint density at radius 1 is 0.600 bits per heavy atom. The summed E-state index contributed by atoms with van der Waals surface area (Å²) in [5.41, 5.74) is 8.16. The second-order valence-corrected chi connectivity index (χ2v) is 20.5. The summed E-state index contributed by atoms with van der Waals surface area (Å²) in [7, 11) is -2.88. The molecular formula is C30H42O2Si2Zr. The Kier molecular flexibility index (Phi) is 10.3. The second-order valence-electron chi connectivity index (χ2n) is 11.5. The fourth-order valence-electron chi connectivity index (χ4n) is 4.43. The molecule has 0 spiro atoms. The average Bonchev–Trinajstić information content (AvgIpc) is 3.21. The molecule has 0 fully saturated rings. The molecule has 0 saturated carbocycles. The van der Waals surface area contributed by atoms with E-state index in [1.54, 1.807) is 0 Å². The fraction of sp³-hybridized carbons (Fsp3) is 0.400. The summed E-state index contributed by atoms with van der Waals surface area (Å²) in [6, 6.07) is 17.5. The zero-order chi connectivity index (χ0) is 25.3. The van der Waals surface area contributed by atoms with E-state index in [4.69, 9.17) is 8.85 Å². The number of rotatable bonds is 6. The maximum Gasteiger partial charge on any atom is 2.00 e. The number of hydrogen-bond donors (Lipinski definition) is 0. The first-order valence-electron chi connectivity index (χ1n) is 12.3. The van der Waals surface area contributed by atoms with Crippen molar-refractivity contribution in [3.8, 4) is 0 Å². The molecular weight excluding hydrogens is 540 g/mol. The molecule has 0 unspecified atom stereocenters. The Balaban J connectivity index is 0.000000240. The van der Waals surface area contributed by atoms with Crippen LogP contribution in [0.3, 0.4) is 0 Å². The molecule has 0 bridgehead atoms. The van der Waals surface area contributed by atoms with Gasteiger partial charge in [0.05, 0.1) is 0 Å². The van der Waals surface area contributed by atoms with Crippen LogP contribution in [0.4, 0.5) is 0 Å². The van der Waals surface area contributed by atoms with Gasteiger partial charge >= 0.3 is 26.2 Å². The van der Waals surface area contributed by atoms with Gasteiger partial charge in [0.1, 0.15) is 0 Å². The van der Waals surface area contributed by atoms with Crippen molar-refractivity contribution >= 4 is 38.2 Å². The van der Waals surface area contributed by atoms with Crippen molar-refractivity contribution < 1.29 is 35.1 Å². The number of fused-ring (bicyclic) bond motifs is 2. The first-order chi connectivity index (χ1) is 15.8. The zero-order valence-corrected chi connectivity index (χ0v) is 27.8.